The van der Waals surface area contributed by atoms with Crippen LogP contribution in [0.4, 0.5) is 0 Å². The molecule has 4 aromatic rings. The molecule has 0 radical (unpaired) electrons. The smallest absolute Gasteiger partial charge is 0.335 e. The molecule has 1 aromatic heterocycles. The predicted octanol–water partition coefficient (Wildman–Crippen LogP) is 4.66. The molecule has 1 unspecified atom stereocenters. The summed E-state index contributed by atoms with van der Waals surface area (Å²) in [6, 6.07) is 19.2. The number of nitrogens with one attached hydrogen (secondary N) is 2. The van der Waals surface area contributed by atoms with Crippen LogP contribution in [0.5, 0.6) is 5.75 Å². The number of aliphatic hydroxyl groups is 1. The van der Waals surface area contributed by atoms with Crippen LogP contribution in [0.2, 0.25) is 0 Å². The average Bonchev–Trinajstić information content (AvgIpc) is 3.29. The van der Waals surface area contributed by atoms with E-state index in [0.29, 0.717) is 24.3 Å². The summed E-state index contributed by atoms with van der Waals surface area (Å²) in [6.07, 6.45) is 3.16. The number of carboxylic acids is 1. The van der Waals surface area contributed by atoms with Gasteiger partial charge in [0.05, 0.1) is 30.4 Å². The summed E-state index contributed by atoms with van der Waals surface area (Å²) >= 11 is 0. The Balaban J connectivity index is 1.59. The van der Waals surface area contributed by atoms with Crippen molar-refractivity contribution in [1.82, 2.24) is 10.3 Å². The first-order valence-electron chi connectivity index (χ1n) is 11.6. The lowest BCUT2D eigenvalue weighted by Crippen LogP contribution is -2.39. The van der Waals surface area contributed by atoms with Gasteiger partial charge in [-0.25, -0.2) is 4.79 Å². The fourth-order valence-electron chi connectivity index (χ4n) is 4.02. The average molecular weight is 473 g/mol. The van der Waals surface area contributed by atoms with Crippen LogP contribution in [0.1, 0.15) is 39.6 Å². The Morgan fingerprint density at radius 2 is 1.77 bits per heavy atom. The quantitative estimate of drug-likeness (QED) is 0.268. The van der Waals surface area contributed by atoms with Crippen LogP contribution in [0.15, 0.2) is 72.9 Å². The first-order valence-corrected chi connectivity index (χ1v) is 11.6. The minimum absolute atomic E-state index is 0.192. The number of para-hydroxylation sites is 1. The molecule has 7 nitrogen and oxygen atoms in total. The van der Waals surface area contributed by atoms with Crippen molar-refractivity contribution >= 4 is 22.8 Å². The molecule has 3 aromatic carbocycles. The highest BCUT2D eigenvalue weighted by atomic mass is 16.5. The second-order valence-corrected chi connectivity index (χ2v) is 8.36. The van der Waals surface area contributed by atoms with Crippen molar-refractivity contribution in [2.24, 2.45) is 0 Å². The van der Waals surface area contributed by atoms with E-state index in [2.05, 4.69) is 10.3 Å². The second kappa shape index (κ2) is 10.9. The number of carbonyl (C=O) groups is 2. The van der Waals surface area contributed by atoms with Crippen molar-refractivity contribution in [2.75, 3.05) is 13.2 Å². The zero-order valence-electron chi connectivity index (χ0n) is 19.5. The topological polar surface area (TPSA) is 112 Å². The van der Waals surface area contributed by atoms with Crippen LogP contribution < -0.4 is 10.1 Å². The molecule has 35 heavy (non-hydrogen) atoms. The molecule has 0 aliphatic heterocycles. The number of aromatic carboxylic acids is 1. The Hall–Kier alpha value is -4.10. The van der Waals surface area contributed by atoms with Crippen LogP contribution in [-0.4, -0.2) is 46.3 Å². The van der Waals surface area contributed by atoms with E-state index in [1.165, 1.54) is 12.1 Å². The molecule has 0 bridgehead atoms. The Kier molecular flexibility index (Phi) is 7.48. The number of aliphatic hydroxyl groups excluding tert-OH is 1. The van der Waals surface area contributed by atoms with Gasteiger partial charge in [-0.05, 0) is 59.9 Å². The zero-order valence-corrected chi connectivity index (χ0v) is 19.5. The van der Waals surface area contributed by atoms with Crippen molar-refractivity contribution < 1.29 is 24.5 Å². The Labute approximate surface area is 203 Å². The van der Waals surface area contributed by atoms with Gasteiger partial charge in [0.1, 0.15) is 5.75 Å². The largest absolute Gasteiger partial charge is 0.493 e. The first-order chi connectivity index (χ1) is 17.0. The Morgan fingerprint density at radius 1 is 1.03 bits per heavy atom. The first kappa shape index (κ1) is 24.0. The highest BCUT2D eigenvalue weighted by Crippen LogP contribution is 2.28. The summed E-state index contributed by atoms with van der Waals surface area (Å²) in [7, 11) is 0. The number of ether oxygens (including phenoxy) is 1. The third-order valence-corrected chi connectivity index (χ3v) is 5.85. The zero-order chi connectivity index (χ0) is 24.8. The van der Waals surface area contributed by atoms with E-state index in [4.69, 9.17) is 9.84 Å². The van der Waals surface area contributed by atoms with E-state index in [0.717, 1.165) is 34.0 Å². The maximum absolute atomic E-state index is 13.3. The van der Waals surface area contributed by atoms with E-state index in [9.17, 15) is 14.7 Å². The van der Waals surface area contributed by atoms with Crippen molar-refractivity contribution in [2.45, 2.75) is 25.8 Å². The molecule has 0 saturated heterocycles. The number of hydrogen-bond acceptors (Lipinski definition) is 4. The molecule has 4 rings (SSSR count). The number of carboxylic acid groups (broad SMARTS) is 1. The van der Waals surface area contributed by atoms with Gasteiger partial charge in [0.15, 0.2) is 0 Å². The van der Waals surface area contributed by atoms with Crippen molar-refractivity contribution in [3.8, 4) is 16.9 Å². The van der Waals surface area contributed by atoms with Gasteiger partial charge in [-0.3, -0.25) is 4.79 Å². The molecular weight excluding hydrogens is 444 g/mol. The van der Waals surface area contributed by atoms with Crippen LogP contribution in [0, 0.1) is 0 Å². The van der Waals surface area contributed by atoms with Crippen molar-refractivity contribution in [3.05, 3.63) is 89.6 Å². The predicted molar refractivity (Wildman–Crippen MR) is 135 cm³/mol. The summed E-state index contributed by atoms with van der Waals surface area (Å²) in [4.78, 5) is 27.7. The maximum atomic E-state index is 13.3. The van der Waals surface area contributed by atoms with Crippen LogP contribution in [-0.2, 0) is 6.42 Å². The lowest BCUT2D eigenvalue weighted by molar-refractivity contribution is 0.0696. The van der Waals surface area contributed by atoms with Gasteiger partial charge in [0.2, 0.25) is 0 Å². The van der Waals surface area contributed by atoms with E-state index in [1.54, 1.807) is 24.3 Å². The van der Waals surface area contributed by atoms with Gasteiger partial charge in [-0.1, -0.05) is 43.3 Å². The molecule has 0 fully saturated rings. The highest BCUT2D eigenvalue weighted by Gasteiger charge is 2.20. The number of H-pyrrole nitrogens is 1. The number of fused-ring (bicyclic) bond motifs is 1. The van der Waals surface area contributed by atoms with Gasteiger partial charge in [-0.2, -0.15) is 0 Å². The normalized spacial score (nSPS) is 11.8. The van der Waals surface area contributed by atoms with Gasteiger partial charge in [0, 0.05) is 17.1 Å². The standard InChI is InChI=1S/C28H28N2O5/c1-2-13-35-26-12-11-20(18-7-9-19(10-8-18)28(33)34)15-24(26)27(32)30-22(17-31)14-21-16-29-25-6-4-3-5-23(21)25/h3-12,15-16,22,29,31H,2,13-14,17H2,1H3,(H,30,32)(H,33,34). The third kappa shape index (κ3) is 5.53. The Morgan fingerprint density at radius 3 is 2.49 bits per heavy atom. The van der Waals surface area contributed by atoms with Gasteiger partial charge in [-0.15, -0.1) is 0 Å². The monoisotopic (exact) mass is 472 g/mol. The lowest BCUT2D eigenvalue weighted by atomic mass is 10.00. The molecule has 4 N–H and O–H groups in total. The van der Waals surface area contributed by atoms with E-state index in [1.807, 2.05) is 43.5 Å². The summed E-state index contributed by atoms with van der Waals surface area (Å²) in [5.74, 6) is -0.886. The fraction of sp³-hybridized carbons (Fsp3) is 0.214. The minimum atomic E-state index is -0.995. The van der Waals surface area contributed by atoms with Gasteiger partial charge < -0.3 is 25.3 Å². The number of amides is 1. The SMILES string of the molecule is CCCOc1ccc(-c2ccc(C(=O)O)cc2)cc1C(=O)NC(CO)Cc1c[nH]c2ccccc12. The molecule has 0 aliphatic carbocycles. The van der Waals surface area contributed by atoms with E-state index >= 15 is 0 Å². The minimum Gasteiger partial charge on any atom is -0.493 e. The summed E-state index contributed by atoms with van der Waals surface area (Å²) < 4.78 is 5.82. The van der Waals surface area contributed by atoms with Crippen molar-refractivity contribution in [3.63, 3.8) is 0 Å². The number of aromatic nitrogens is 1. The molecule has 0 saturated carbocycles. The highest BCUT2D eigenvalue weighted by molar-refractivity contribution is 5.98. The van der Waals surface area contributed by atoms with Crippen LogP contribution >= 0.6 is 0 Å². The van der Waals surface area contributed by atoms with E-state index < -0.39 is 12.0 Å². The second-order valence-electron chi connectivity index (χ2n) is 8.36. The molecular formula is C28H28N2O5. The summed E-state index contributed by atoms with van der Waals surface area (Å²) in [5, 5.41) is 23.2. The van der Waals surface area contributed by atoms with Gasteiger partial charge >= 0.3 is 5.97 Å². The fourth-order valence-corrected chi connectivity index (χ4v) is 4.02. The lowest BCUT2D eigenvalue weighted by Gasteiger charge is -2.18. The van der Waals surface area contributed by atoms with Crippen molar-refractivity contribution in [1.29, 1.82) is 0 Å². The Bertz CT molecular complexity index is 1330. The molecule has 180 valence electrons. The van der Waals surface area contributed by atoms with Crippen LogP contribution in [0.25, 0.3) is 22.0 Å². The third-order valence-electron chi connectivity index (χ3n) is 5.85. The molecule has 0 spiro atoms. The molecule has 1 heterocycles. The molecule has 1 atom stereocenters. The summed E-state index contributed by atoms with van der Waals surface area (Å²) in [5.41, 5.74) is 4.10. The number of benzene rings is 3. The summed E-state index contributed by atoms with van der Waals surface area (Å²) in [6.45, 7) is 2.24. The maximum Gasteiger partial charge on any atom is 0.335 e. The van der Waals surface area contributed by atoms with Crippen LogP contribution in [0.3, 0.4) is 0 Å². The van der Waals surface area contributed by atoms with Gasteiger partial charge in [0.25, 0.3) is 5.91 Å². The van der Waals surface area contributed by atoms with E-state index in [-0.39, 0.29) is 18.1 Å². The number of carbonyl (C=O) groups excluding carboxylic acids is 1. The number of hydrogen-bond donors (Lipinski definition) is 4. The molecule has 1 amide bonds. The molecule has 0 aliphatic rings. The molecule has 7 heteroatoms. The number of rotatable bonds is 10. The number of aromatic amines is 1.